The van der Waals surface area contributed by atoms with E-state index in [4.69, 9.17) is 4.74 Å². The summed E-state index contributed by atoms with van der Waals surface area (Å²) >= 11 is 0. The molecule has 0 saturated carbocycles. The van der Waals surface area contributed by atoms with E-state index in [2.05, 4.69) is 0 Å². The van der Waals surface area contributed by atoms with Crippen LogP contribution in [0, 0.1) is 0 Å². The van der Waals surface area contributed by atoms with Gasteiger partial charge in [-0.15, -0.1) is 0 Å². The average Bonchev–Trinajstić information content (AvgIpc) is 2.74. The third-order valence-electron chi connectivity index (χ3n) is 2.35. The van der Waals surface area contributed by atoms with Crippen molar-refractivity contribution in [3.8, 4) is 0 Å². The molecule has 1 heterocycles. The Hall–Kier alpha value is -1.36. The Balaban J connectivity index is 1.82. The zero-order valence-electron chi connectivity index (χ0n) is 8.80. The van der Waals surface area contributed by atoms with Crippen LogP contribution >= 0.6 is 0 Å². The van der Waals surface area contributed by atoms with Crippen LogP contribution < -0.4 is 0 Å². The molecule has 0 aliphatic carbocycles. The quantitative estimate of drug-likeness (QED) is 0.782. The average molecular weight is 239 g/mol. The van der Waals surface area contributed by atoms with E-state index < -0.39 is 10.8 Å². The second-order valence-corrected chi connectivity index (χ2v) is 5.12. The van der Waals surface area contributed by atoms with Gasteiger partial charge < -0.3 is 4.74 Å². The molecule has 0 bridgehead atoms. The third kappa shape index (κ3) is 2.82. The zero-order valence-corrected chi connectivity index (χ0v) is 9.61. The molecule has 0 N–H and O–H groups in total. The summed E-state index contributed by atoms with van der Waals surface area (Å²) in [6.07, 6.45) is -0.380. The Kier molecular flexibility index (Phi) is 3.56. The lowest BCUT2D eigenvalue weighted by molar-refractivity contribution is 0.106. The maximum atomic E-state index is 11.5. The van der Waals surface area contributed by atoms with Crippen molar-refractivity contribution in [1.82, 2.24) is 4.90 Å². The van der Waals surface area contributed by atoms with Crippen LogP contribution in [0.4, 0.5) is 4.79 Å². The minimum Gasteiger partial charge on any atom is -0.445 e. The van der Waals surface area contributed by atoms with Crippen molar-refractivity contribution >= 4 is 16.9 Å². The molecule has 0 spiro atoms. The van der Waals surface area contributed by atoms with Crippen LogP contribution in [0.2, 0.25) is 0 Å². The number of ether oxygens (including phenoxy) is 1. The Labute approximate surface area is 96.7 Å². The number of carbonyl (C=O) groups excluding carboxylic acids is 1. The molecule has 1 unspecified atom stereocenters. The van der Waals surface area contributed by atoms with Gasteiger partial charge in [-0.3, -0.25) is 9.11 Å². The highest BCUT2D eigenvalue weighted by atomic mass is 32.2. The summed E-state index contributed by atoms with van der Waals surface area (Å²) in [5, 5.41) is 0. The van der Waals surface area contributed by atoms with Crippen molar-refractivity contribution in [2.75, 3.05) is 18.2 Å². The van der Waals surface area contributed by atoms with Crippen LogP contribution in [0.3, 0.4) is 0 Å². The highest BCUT2D eigenvalue weighted by Crippen LogP contribution is 2.07. The van der Waals surface area contributed by atoms with Crippen molar-refractivity contribution in [1.29, 1.82) is 0 Å². The highest BCUT2D eigenvalue weighted by Gasteiger charge is 2.23. The van der Waals surface area contributed by atoms with Crippen LogP contribution in [0.1, 0.15) is 5.56 Å². The third-order valence-corrected chi connectivity index (χ3v) is 3.59. The fraction of sp³-hybridized carbons (Fsp3) is 0.364. The first kappa shape index (κ1) is 11.1. The molecule has 1 saturated heterocycles. The van der Waals surface area contributed by atoms with Crippen LogP contribution in [-0.4, -0.2) is 33.4 Å². The fourth-order valence-corrected chi connectivity index (χ4v) is 2.60. The van der Waals surface area contributed by atoms with E-state index in [0.29, 0.717) is 18.2 Å². The standard InChI is InChI=1S/C11H13NO3S/c13-11(12-6-7-16(14)9-12)15-8-10-4-2-1-3-5-10/h1-5H,6-9H2. The van der Waals surface area contributed by atoms with Gasteiger partial charge in [0, 0.05) is 23.1 Å². The van der Waals surface area contributed by atoms with E-state index >= 15 is 0 Å². The van der Waals surface area contributed by atoms with Gasteiger partial charge in [0.1, 0.15) is 6.61 Å². The van der Waals surface area contributed by atoms with Gasteiger partial charge in [-0.1, -0.05) is 30.3 Å². The Morgan fingerprint density at radius 1 is 1.38 bits per heavy atom. The molecule has 1 fully saturated rings. The number of carbonyl (C=O) groups is 1. The van der Waals surface area contributed by atoms with Crippen molar-refractivity contribution in [2.45, 2.75) is 6.61 Å². The topological polar surface area (TPSA) is 46.6 Å². The van der Waals surface area contributed by atoms with Crippen LogP contribution in [0.15, 0.2) is 30.3 Å². The van der Waals surface area contributed by atoms with Crippen LogP contribution in [0.25, 0.3) is 0 Å². The zero-order chi connectivity index (χ0) is 11.4. The molecule has 2 rings (SSSR count). The molecule has 86 valence electrons. The van der Waals surface area contributed by atoms with E-state index in [-0.39, 0.29) is 12.7 Å². The maximum Gasteiger partial charge on any atom is 0.410 e. The number of benzene rings is 1. The molecule has 1 aliphatic rings. The molecular weight excluding hydrogens is 226 g/mol. The summed E-state index contributed by atoms with van der Waals surface area (Å²) < 4.78 is 16.2. The molecule has 0 radical (unpaired) electrons. The monoisotopic (exact) mass is 239 g/mol. The van der Waals surface area contributed by atoms with Crippen molar-refractivity contribution in [3.05, 3.63) is 35.9 Å². The number of amides is 1. The Bertz CT molecular complexity index is 393. The van der Waals surface area contributed by atoms with Gasteiger partial charge in [0.15, 0.2) is 0 Å². The summed E-state index contributed by atoms with van der Waals surface area (Å²) in [6.45, 7) is 0.795. The minimum atomic E-state index is -0.896. The predicted octanol–water partition coefficient (Wildman–Crippen LogP) is 1.35. The molecule has 4 nitrogen and oxygen atoms in total. The molecular formula is C11H13NO3S. The molecule has 0 aromatic heterocycles. The van der Waals surface area contributed by atoms with Gasteiger partial charge in [0.25, 0.3) is 0 Å². The summed E-state index contributed by atoms with van der Waals surface area (Å²) in [7, 11) is -0.896. The first-order valence-electron chi connectivity index (χ1n) is 5.06. The number of hydrogen-bond acceptors (Lipinski definition) is 3. The molecule has 1 aliphatic heterocycles. The fourth-order valence-electron chi connectivity index (χ4n) is 1.47. The van der Waals surface area contributed by atoms with E-state index in [1.165, 1.54) is 4.90 Å². The van der Waals surface area contributed by atoms with E-state index in [1.54, 1.807) is 0 Å². The lowest BCUT2D eigenvalue weighted by Crippen LogP contribution is -2.28. The number of hydrogen-bond donors (Lipinski definition) is 0. The molecule has 5 heteroatoms. The second kappa shape index (κ2) is 5.12. The minimum absolute atomic E-state index is 0.267. The molecule has 1 amide bonds. The van der Waals surface area contributed by atoms with Gasteiger partial charge >= 0.3 is 6.09 Å². The van der Waals surface area contributed by atoms with E-state index in [9.17, 15) is 9.00 Å². The number of rotatable bonds is 2. The van der Waals surface area contributed by atoms with Crippen LogP contribution in [0.5, 0.6) is 0 Å². The summed E-state index contributed by atoms with van der Waals surface area (Å²) in [4.78, 5) is 13.0. The first-order valence-corrected chi connectivity index (χ1v) is 6.55. The van der Waals surface area contributed by atoms with Gasteiger partial charge in [-0.2, -0.15) is 0 Å². The largest absolute Gasteiger partial charge is 0.445 e. The SMILES string of the molecule is O=C(OCc1ccccc1)N1CCS(=O)C1. The maximum absolute atomic E-state index is 11.5. The molecule has 1 aromatic rings. The van der Waals surface area contributed by atoms with Crippen molar-refractivity contribution < 1.29 is 13.7 Å². The Morgan fingerprint density at radius 3 is 2.75 bits per heavy atom. The second-order valence-electron chi connectivity index (χ2n) is 3.58. The van der Waals surface area contributed by atoms with Gasteiger partial charge in [-0.05, 0) is 5.56 Å². The van der Waals surface area contributed by atoms with E-state index in [1.807, 2.05) is 30.3 Å². The Morgan fingerprint density at radius 2 is 2.12 bits per heavy atom. The van der Waals surface area contributed by atoms with Gasteiger partial charge in [0.05, 0.1) is 5.88 Å². The lowest BCUT2D eigenvalue weighted by Gasteiger charge is -2.13. The first-order chi connectivity index (χ1) is 7.75. The van der Waals surface area contributed by atoms with Gasteiger partial charge in [-0.25, -0.2) is 4.79 Å². The molecule has 1 atom stereocenters. The highest BCUT2D eigenvalue weighted by molar-refractivity contribution is 7.85. The lowest BCUT2D eigenvalue weighted by atomic mass is 10.2. The van der Waals surface area contributed by atoms with Crippen LogP contribution in [-0.2, 0) is 22.1 Å². The molecule has 16 heavy (non-hydrogen) atoms. The van der Waals surface area contributed by atoms with Crippen molar-refractivity contribution in [2.24, 2.45) is 0 Å². The number of nitrogens with zero attached hydrogens (tertiary/aromatic N) is 1. The molecule has 1 aromatic carbocycles. The normalized spacial score (nSPS) is 19.8. The van der Waals surface area contributed by atoms with Crippen molar-refractivity contribution in [3.63, 3.8) is 0 Å². The summed E-state index contributed by atoms with van der Waals surface area (Å²) in [5.41, 5.74) is 0.955. The van der Waals surface area contributed by atoms with E-state index in [0.717, 1.165) is 5.56 Å². The summed E-state index contributed by atoms with van der Waals surface area (Å²) in [5.74, 6) is 0.855. The smallest absolute Gasteiger partial charge is 0.410 e. The van der Waals surface area contributed by atoms with Gasteiger partial charge in [0.2, 0.25) is 0 Å². The summed E-state index contributed by atoms with van der Waals surface area (Å²) in [6, 6.07) is 9.50. The predicted molar refractivity (Wildman–Crippen MR) is 61.2 cm³/mol.